The lowest BCUT2D eigenvalue weighted by molar-refractivity contribution is -0.139. The molecule has 3 aliphatic rings. The van der Waals surface area contributed by atoms with Gasteiger partial charge in [0.2, 0.25) is 0 Å². The first kappa shape index (κ1) is 24.9. The molecule has 1 amide bonds. The molecule has 3 heterocycles. The third-order valence-electron chi connectivity index (χ3n) is 7.92. The number of piperidine rings is 1. The molecule has 1 N–H and O–H groups in total. The highest BCUT2D eigenvalue weighted by Gasteiger charge is 2.60. The van der Waals surface area contributed by atoms with Crippen molar-refractivity contribution < 1.29 is 24.2 Å². The normalized spacial score (nSPS) is 22.3. The number of nitrogens with zero attached hydrogens (tertiary/aromatic N) is 3. The van der Waals surface area contributed by atoms with Crippen LogP contribution in [0.2, 0.25) is 0 Å². The smallest absolute Gasteiger partial charge is 0.307 e. The predicted molar refractivity (Wildman–Crippen MR) is 145 cm³/mol. The van der Waals surface area contributed by atoms with Crippen molar-refractivity contribution in [3.05, 3.63) is 64.0 Å². The molecule has 2 aromatic carbocycles. The lowest BCUT2D eigenvalue weighted by atomic mass is 10.0. The number of carboxylic acids is 1. The van der Waals surface area contributed by atoms with Gasteiger partial charge in [-0.15, -0.1) is 11.3 Å². The van der Waals surface area contributed by atoms with Crippen LogP contribution in [-0.2, 0) is 16.1 Å². The predicted octanol–water partition coefficient (Wildman–Crippen LogP) is 4.25. The Morgan fingerprint density at radius 3 is 2.58 bits per heavy atom. The van der Waals surface area contributed by atoms with E-state index in [0.29, 0.717) is 38.5 Å². The second kappa shape index (κ2) is 10.0. The van der Waals surface area contributed by atoms with Crippen molar-refractivity contribution in [1.82, 2.24) is 9.88 Å². The third-order valence-corrected chi connectivity index (χ3v) is 8.83. The van der Waals surface area contributed by atoms with Crippen LogP contribution in [0.4, 0.5) is 5.13 Å². The number of carbonyl (C=O) groups is 2. The quantitative estimate of drug-likeness (QED) is 0.486. The summed E-state index contributed by atoms with van der Waals surface area (Å²) < 4.78 is 11.7. The number of fused-ring (bicyclic) bond motifs is 1. The fourth-order valence-electron chi connectivity index (χ4n) is 5.65. The Bertz CT molecular complexity index is 1370. The first-order valence-electron chi connectivity index (χ1n) is 13.0. The van der Waals surface area contributed by atoms with E-state index in [9.17, 15) is 14.7 Å². The fraction of sp³-hybridized carbons (Fsp3) is 0.414. The second-order valence-corrected chi connectivity index (χ2v) is 11.3. The summed E-state index contributed by atoms with van der Waals surface area (Å²) in [5.74, 6) is 0.438. The summed E-state index contributed by atoms with van der Waals surface area (Å²) in [6.45, 7) is 8.38. The van der Waals surface area contributed by atoms with E-state index in [1.54, 1.807) is 11.3 Å². The summed E-state index contributed by atoms with van der Waals surface area (Å²) in [5.41, 5.74) is 5.66. The number of aliphatic carboxylic acids is 1. The molecular weight excluding hydrogens is 502 g/mol. The largest absolute Gasteiger partial charge is 0.488 e. The van der Waals surface area contributed by atoms with Gasteiger partial charge in [-0.05, 0) is 61.1 Å². The van der Waals surface area contributed by atoms with Gasteiger partial charge in [0.1, 0.15) is 12.4 Å². The molecule has 38 heavy (non-hydrogen) atoms. The first-order valence-corrected chi connectivity index (χ1v) is 13.9. The average Bonchev–Trinajstić information content (AvgIpc) is 3.23. The monoisotopic (exact) mass is 533 g/mol. The molecule has 2 aliphatic heterocycles. The highest BCUT2D eigenvalue weighted by atomic mass is 32.1. The maximum absolute atomic E-state index is 12.8. The number of thiazole rings is 1. The number of anilines is 1. The van der Waals surface area contributed by atoms with Gasteiger partial charge >= 0.3 is 5.97 Å². The van der Waals surface area contributed by atoms with Crippen LogP contribution in [-0.4, -0.2) is 66.3 Å². The molecule has 3 aromatic rings. The number of amides is 1. The van der Waals surface area contributed by atoms with Crippen molar-refractivity contribution in [3.63, 3.8) is 0 Å². The van der Waals surface area contributed by atoms with Gasteiger partial charge in [0, 0.05) is 42.7 Å². The van der Waals surface area contributed by atoms with E-state index in [1.165, 1.54) is 0 Å². The van der Waals surface area contributed by atoms with Crippen LogP contribution in [0, 0.1) is 31.6 Å². The standard InChI is InChI=1S/C29H31N3O5S/c1-17-3-6-25(37-15-20-5-4-19(12-18(20)2)27(33)31-7-9-36-10-8-31)21(11-17)24-16-38-29(30-24)32-13-22-23(14-32)26(22)28(34)35/h3-6,11-12,16,22-23,26H,7-10,13-15H2,1-2H3,(H,34,35). The van der Waals surface area contributed by atoms with Gasteiger partial charge in [-0.1, -0.05) is 17.7 Å². The average molecular weight is 534 g/mol. The van der Waals surface area contributed by atoms with Gasteiger partial charge in [0.05, 0.1) is 24.8 Å². The van der Waals surface area contributed by atoms with E-state index in [2.05, 4.69) is 17.9 Å². The molecule has 2 atom stereocenters. The molecule has 9 heteroatoms. The minimum Gasteiger partial charge on any atom is -0.488 e. The molecule has 0 radical (unpaired) electrons. The summed E-state index contributed by atoms with van der Waals surface area (Å²) >= 11 is 1.59. The number of hydrogen-bond acceptors (Lipinski definition) is 7. The zero-order chi connectivity index (χ0) is 26.4. The molecule has 2 unspecified atom stereocenters. The molecule has 0 bridgehead atoms. The minimum absolute atomic E-state index is 0.0396. The van der Waals surface area contributed by atoms with Gasteiger partial charge in [0.15, 0.2) is 5.13 Å². The van der Waals surface area contributed by atoms with Gasteiger partial charge < -0.3 is 24.4 Å². The van der Waals surface area contributed by atoms with E-state index in [-0.39, 0.29) is 23.7 Å². The number of carboxylic acid groups (broad SMARTS) is 1. The second-order valence-electron chi connectivity index (χ2n) is 10.4. The van der Waals surface area contributed by atoms with Crippen LogP contribution in [0.25, 0.3) is 11.3 Å². The van der Waals surface area contributed by atoms with Crippen LogP contribution in [0.1, 0.15) is 27.0 Å². The number of morpholine rings is 1. The van der Waals surface area contributed by atoms with Crippen molar-refractivity contribution in [2.75, 3.05) is 44.3 Å². The van der Waals surface area contributed by atoms with Crippen molar-refractivity contribution in [1.29, 1.82) is 0 Å². The zero-order valence-electron chi connectivity index (χ0n) is 21.6. The van der Waals surface area contributed by atoms with Gasteiger partial charge in [-0.25, -0.2) is 4.98 Å². The van der Waals surface area contributed by atoms with E-state index in [0.717, 1.165) is 51.9 Å². The lowest BCUT2D eigenvalue weighted by Crippen LogP contribution is -2.40. The van der Waals surface area contributed by atoms with E-state index < -0.39 is 5.97 Å². The van der Waals surface area contributed by atoms with Gasteiger partial charge in [-0.3, -0.25) is 9.59 Å². The Balaban J connectivity index is 1.15. The number of aryl methyl sites for hydroxylation is 2. The first-order chi connectivity index (χ1) is 18.4. The van der Waals surface area contributed by atoms with E-state index in [4.69, 9.17) is 14.5 Å². The Hall–Kier alpha value is -3.43. The number of aromatic nitrogens is 1. The molecular formula is C29H31N3O5S. The zero-order valence-corrected chi connectivity index (χ0v) is 22.4. The fourth-order valence-corrected chi connectivity index (χ4v) is 6.49. The highest BCUT2D eigenvalue weighted by Crippen LogP contribution is 2.53. The Morgan fingerprint density at radius 2 is 1.87 bits per heavy atom. The number of benzene rings is 2. The molecule has 2 saturated heterocycles. The van der Waals surface area contributed by atoms with Crippen molar-refractivity contribution >= 4 is 28.3 Å². The maximum atomic E-state index is 12.8. The summed E-state index contributed by atoms with van der Waals surface area (Å²) in [6.07, 6.45) is 0. The molecule has 1 aromatic heterocycles. The molecule has 198 valence electrons. The Kier molecular flexibility index (Phi) is 6.57. The molecule has 8 nitrogen and oxygen atoms in total. The lowest BCUT2D eigenvalue weighted by Gasteiger charge is -2.27. The molecule has 1 saturated carbocycles. The van der Waals surface area contributed by atoms with E-state index >= 15 is 0 Å². The maximum Gasteiger partial charge on any atom is 0.307 e. The van der Waals surface area contributed by atoms with Crippen molar-refractivity contribution in [2.45, 2.75) is 20.5 Å². The van der Waals surface area contributed by atoms with Crippen molar-refractivity contribution in [2.24, 2.45) is 17.8 Å². The van der Waals surface area contributed by atoms with Crippen LogP contribution in [0.5, 0.6) is 5.75 Å². The van der Waals surface area contributed by atoms with Crippen LogP contribution >= 0.6 is 11.3 Å². The molecule has 3 fully saturated rings. The highest BCUT2D eigenvalue weighted by molar-refractivity contribution is 7.14. The summed E-state index contributed by atoms with van der Waals surface area (Å²) in [4.78, 5) is 33.1. The van der Waals surface area contributed by atoms with Gasteiger partial charge in [0.25, 0.3) is 5.91 Å². The summed E-state index contributed by atoms with van der Waals surface area (Å²) in [6, 6.07) is 11.9. The molecule has 6 rings (SSSR count). The number of hydrogen-bond donors (Lipinski definition) is 1. The minimum atomic E-state index is -0.672. The number of carbonyl (C=O) groups excluding carboxylic acids is 1. The molecule has 0 spiro atoms. The van der Waals surface area contributed by atoms with Crippen LogP contribution < -0.4 is 9.64 Å². The third kappa shape index (κ3) is 4.76. The Morgan fingerprint density at radius 1 is 1.11 bits per heavy atom. The van der Waals surface area contributed by atoms with Crippen molar-refractivity contribution in [3.8, 4) is 17.0 Å². The number of ether oxygens (including phenoxy) is 2. The summed E-state index contributed by atoms with van der Waals surface area (Å²) in [7, 11) is 0. The van der Waals surface area contributed by atoms with Crippen LogP contribution in [0.3, 0.4) is 0 Å². The van der Waals surface area contributed by atoms with Gasteiger partial charge in [-0.2, -0.15) is 0 Å². The Labute approximate surface area is 225 Å². The topological polar surface area (TPSA) is 92.2 Å². The summed E-state index contributed by atoms with van der Waals surface area (Å²) in [5, 5.41) is 12.3. The van der Waals surface area contributed by atoms with E-state index in [1.807, 2.05) is 47.5 Å². The number of rotatable bonds is 7. The van der Waals surface area contributed by atoms with Crippen LogP contribution in [0.15, 0.2) is 41.8 Å². The SMILES string of the molecule is Cc1ccc(OCc2ccc(C(=O)N3CCOCC3)cc2C)c(-c2csc(N3CC4C(C3)C4C(=O)O)n2)c1. The molecule has 1 aliphatic carbocycles.